The van der Waals surface area contributed by atoms with Crippen molar-refractivity contribution in [1.29, 1.82) is 0 Å². The highest BCUT2D eigenvalue weighted by atomic mass is 16.3. The fourth-order valence-corrected chi connectivity index (χ4v) is 1.89. The number of hydrogen-bond acceptors (Lipinski definition) is 3. The van der Waals surface area contributed by atoms with E-state index in [1.54, 1.807) is 6.20 Å². The molecule has 0 spiro atoms. The molecule has 0 saturated carbocycles. The van der Waals surface area contributed by atoms with Crippen LogP contribution in [0.25, 0.3) is 0 Å². The lowest BCUT2D eigenvalue weighted by Gasteiger charge is -2.21. The van der Waals surface area contributed by atoms with E-state index in [-0.39, 0.29) is 5.92 Å². The second-order valence-electron chi connectivity index (χ2n) is 3.95. The average Bonchev–Trinajstić information content (AvgIpc) is 2.42. The molecule has 3 heteroatoms. The van der Waals surface area contributed by atoms with Crippen molar-refractivity contribution >= 4 is 0 Å². The van der Waals surface area contributed by atoms with E-state index >= 15 is 0 Å². The quantitative estimate of drug-likeness (QED) is 0.839. The lowest BCUT2D eigenvalue weighted by Crippen LogP contribution is -2.21. The van der Waals surface area contributed by atoms with Crippen LogP contribution in [0, 0.1) is 0 Å². The van der Waals surface area contributed by atoms with Gasteiger partial charge in [0, 0.05) is 24.4 Å². The summed E-state index contributed by atoms with van der Waals surface area (Å²) in [7, 11) is 0. The Bertz CT molecular complexity index is 444. The van der Waals surface area contributed by atoms with Gasteiger partial charge in [-0.15, -0.1) is 0 Å². The molecule has 88 valence electrons. The molecule has 3 nitrogen and oxygen atoms in total. The first-order valence-electron chi connectivity index (χ1n) is 5.67. The van der Waals surface area contributed by atoms with Crippen molar-refractivity contribution in [2.45, 2.75) is 12.0 Å². The van der Waals surface area contributed by atoms with Crippen LogP contribution in [-0.4, -0.2) is 16.6 Å². The van der Waals surface area contributed by atoms with E-state index in [1.165, 1.54) is 0 Å². The van der Waals surface area contributed by atoms with E-state index in [0.717, 1.165) is 11.3 Å². The van der Waals surface area contributed by atoms with Crippen molar-refractivity contribution in [2.24, 2.45) is 5.73 Å². The molecule has 2 unspecified atom stereocenters. The van der Waals surface area contributed by atoms with Gasteiger partial charge in [-0.05, 0) is 17.7 Å². The first kappa shape index (κ1) is 11.8. The van der Waals surface area contributed by atoms with Gasteiger partial charge < -0.3 is 10.8 Å². The number of benzene rings is 1. The largest absolute Gasteiger partial charge is 0.388 e. The predicted octanol–water partition coefficient (Wildman–Crippen LogP) is 1.86. The number of nitrogens with zero attached hydrogens (tertiary/aromatic N) is 1. The molecule has 0 radical (unpaired) electrons. The number of hydrogen-bond donors (Lipinski definition) is 2. The Hall–Kier alpha value is -1.71. The minimum absolute atomic E-state index is 0.168. The van der Waals surface area contributed by atoms with Crippen LogP contribution in [0.1, 0.15) is 23.3 Å². The lowest BCUT2D eigenvalue weighted by atomic mass is 9.92. The van der Waals surface area contributed by atoms with Crippen LogP contribution in [0.15, 0.2) is 54.7 Å². The summed E-state index contributed by atoms with van der Waals surface area (Å²) in [6, 6.07) is 15.2. The molecule has 0 aliphatic rings. The summed E-state index contributed by atoms with van der Waals surface area (Å²) in [5.41, 5.74) is 7.44. The molecular weight excluding hydrogens is 212 g/mol. The van der Waals surface area contributed by atoms with Crippen molar-refractivity contribution in [3.05, 3.63) is 66.0 Å². The minimum atomic E-state index is -0.615. The summed E-state index contributed by atoms with van der Waals surface area (Å²) < 4.78 is 0. The maximum absolute atomic E-state index is 10.3. The summed E-state index contributed by atoms with van der Waals surface area (Å²) in [6.45, 7) is 0.368. The molecule has 0 fully saturated rings. The predicted molar refractivity (Wildman–Crippen MR) is 67.4 cm³/mol. The molecule has 0 aliphatic carbocycles. The lowest BCUT2D eigenvalue weighted by molar-refractivity contribution is 0.145. The summed E-state index contributed by atoms with van der Waals surface area (Å²) in [5.74, 6) is -0.168. The Morgan fingerprint density at radius 1 is 1.06 bits per heavy atom. The summed E-state index contributed by atoms with van der Waals surface area (Å²) in [6.07, 6.45) is 1.10. The van der Waals surface area contributed by atoms with Gasteiger partial charge in [0.2, 0.25) is 0 Å². The average molecular weight is 228 g/mol. The molecule has 1 aromatic carbocycles. The van der Waals surface area contributed by atoms with Gasteiger partial charge in [-0.3, -0.25) is 4.98 Å². The number of aliphatic hydroxyl groups is 1. The molecule has 0 amide bonds. The fraction of sp³-hybridized carbons (Fsp3) is 0.214. The molecule has 0 aliphatic heterocycles. The zero-order chi connectivity index (χ0) is 12.1. The normalized spacial score (nSPS) is 14.2. The number of rotatable bonds is 4. The number of aromatic nitrogens is 1. The standard InChI is InChI=1S/C14H16N2O/c15-10-12(13-8-4-5-9-16-13)14(17)11-6-2-1-3-7-11/h1-9,12,14,17H,10,15H2. The van der Waals surface area contributed by atoms with Gasteiger partial charge in [-0.2, -0.15) is 0 Å². The minimum Gasteiger partial charge on any atom is -0.388 e. The van der Waals surface area contributed by atoms with Crippen LogP contribution >= 0.6 is 0 Å². The maximum atomic E-state index is 10.3. The Morgan fingerprint density at radius 2 is 1.76 bits per heavy atom. The molecule has 0 saturated heterocycles. The van der Waals surface area contributed by atoms with Gasteiger partial charge >= 0.3 is 0 Å². The zero-order valence-electron chi connectivity index (χ0n) is 9.53. The van der Waals surface area contributed by atoms with Crippen molar-refractivity contribution in [3.63, 3.8) is 0 Å². The van der Waals surface area contributed by atoms with E-state index in [4.69, 9.17) is 5.73 Å². The second kappa shape index (κ2) is 5.57. The van der Waals surface area contributed by atoms with Crippen molar-refractivity contribution < 1.29 is 5.11 Å². The van der Waals surface area contributed by atoms with Crippen LogP contribution in [0.2, 0.25) is 0 Å². The smallest absolute Gasteiger partial charge is 0.0885 e. The topological polar surface area (TPSA) is 59.1 Å². The van der Waals surface area contributed by atoms with Crippen LogP contribution in [0.4, 0.5) is 0 Å². The number of aliphatic hydroxyl groups excluding tert-OH is 1. The molecule has 1 aromatic heterocycles. The molecule has 0 bridgehead atoms. The first-order chi connectivity index (χ1) is 8.33. The van der Waals surface area contributed by atoms with Gasteiger partial charge in [0.1, 0.15) is 0 Å². The summed E-state index contributed by atoms with van der Waals surface area (Å²) in [5, 5.41) is 10.3. The highest BCUT2D eigenvalue weighted by Crippen LogP contribution is 2.28. The highest BCUT2D eigenvalue weighted by Gasteiger charge is 2.21. The third-order valence-electron chi connectivity index (χ3n) is 2.84. The summed E-state index contributed by atoms with van der Waals surface area (Å²) in [4.78, 5) is 4.26. The highest BCUT2D eigenvalue weighted by molar-refractivity contribution is 5.23. The van der Waals surface area contributed by atoms with Gasteiger partial charge in [0.05, 0.1) is 6.10 Å². The van der Waals surface area contributed by atoms with Crippen LogP contribution in [-0.2, 0) is 0 Å². The van der Waals surface area contributed by atoms with Crippen molar-refractivity contribution in [1.82, 2.24) is 4.98 Å². The van der Waals surface area contributed by atoms with Crippen LogP contribution in [0.3, 0.4) is 0 Å². The molecule has 1 heterocycles. The molecule has 3 N–H and O–H groups in total. The molecule has 2 rings (SSSR count). The van der Waals surface area contributed by atoms with Crippen molar-refractivity contribution in [3.8, 4) is 0 Å². The van der Waals surface area contributed by atoms with E-state index < -0.39 is 6.10 Å². The Morgan fingerprint density at radius 3 is 2.35 bits per heavy atom. The first-order valence-corrected chi connectivity index (χ1v) is 5.67. The second-order valence-corrected chi connectivity index (χ2v) is 3.95. The zero-order valence-corrected chi connectivity index (χ0v) is 9.53. The molecule has 2 atom stereocenters. The Labute approximate surface area is 101 Å². The number of nitrogens with two attached hydrogens (primary N) is 1. The van der Waals surface area contributed by atoms with E-state index in [1.807, 2.05) is 48.5 Å². The van der Waals surface area contributed by atoms with Gasteiger partial charge in [-0.25, -0.2) is 0 Å². The van der Waals surface area contributed by atoms with E-state index in [9.17, 15) is 5.11 Å². The summed E-state index contributed by atoms with van der Waals surface area (Å²) >= 11 is 0. The monoisotopic (exact) mass is 228 g/mol. The Kier molecular flexibility index (Phi) is 3.85. The van der Waals surface area contributed by atoms with Gasteiger partial charge in [0.15, 0.2) is 0 Å². The van der Waals surface area contributed by atoms with Crippen molar-refractivity contribution in [2.75, 3.05) is 6.54 Å². The van der Waals surface area contributed by atoms with Crippen LogP contribution in [0.5, 0.6) is 0 Å². The molecular formula is C14H16N2O. The molecule has 2 aromatic rings. The Balaban J connectivity index is 2.25. The third-order valence-corrected chi connectivity index (χ3v) is 2.84. The van der Waals surface area contributed by atoms with E-state index in [2.05, 4.69) is 4.98 Å². The third kappa shape index (κ3) is 2.70. The number of pyridine rings is 1. The SMILES string of the molecule is NCC(c1ccccn1)C(O)c1ccccc1. The van der Waals surface area contributed by atoms with Gasteiger partial charge in [-0.1, -0.05) is 36.4 Å². The van der Waals surface area contributed by atoms with Crippen LogP contribution < -0.4 is 5.73 Å². The van der Waals surface area contributed by atoms with Gasteiger partial charge in [0.25, 0.3) is 0 Å². The fourth-order valence-electron chi connectivity index (χ4n) is 1.89. The molecule has 17 heavy (non-hydrogen) atoms. The maximum Gasteiger partial charge on any atom is 0.0885 e. The van der Waals surface area contributed by atoms with E-state index in [0.29, 0.717) is 6.54 Å².